The van der Waals surface area contributed by atoms with Crippen LogP contribution in [0.3, 0.4) is 0 Å². The van der Waals surface area contributed by atoms with Gasteiger partial charge in [0.15, 0.2) is 0 Å². The van der Waals surface area contributed by atoms with Crippen LogP contribution in [0.5, 0.6) is 0 Å². The van der Waals surface area contributed by atoms with Crippen LogP contribution >= 0.6 is 0 Å². The Hall–Kier alpha value is -1.84. The molecule has 0 aliphatic heterocycles. The normalized spacial score (nSPS) is 16.7. The highest BCUT2D eigenvalue weighted by Gasteiger charge is 2.43. The Balaban J connectivity index is 1.92. The average Bonchev–Trinajstić information content (AvgIpc) is 3.01. The van der Waals surface area contributed by atoms with Crippen molar-refractivity contribution in [2.45, 2.75) is 70.3 Å². The van der Waals surface area contributed by atoms with Gasteiger partial charge in [-0.15, -0.1) is 0 Å². The molecular weight excluding hydrogens is 302 g/mol. The smallest absolute Gasteiger partial charge is 0.331 e. The van der Waals surface area contributed by atoms with Gasteiger partial charge in [0.05, 0.1) is 7.11 Å². The number of aryl methyl sites for hydroxylation is 1. The van der Waals surface area contributed by atoms with Crippen molar-refractivity contribution in [2.24, 2.45) is 0 Å². The summed E-state index contributed by atoms with van der Waals surface area (Å²) in [5, 5.41) is 2.94. The van der Waals surface area contributed by atoms with E-state index in [9.17, 15) is 9.59 Å². The first-order valence-electron chi connectivity index (χ1n) is 8.76. The van der Waals surface area contributed by atoms with E-state index in [-0.39, 0.29) is 17.3 Å². The summed E-state index contributed by atoms with van der Waals surface area (Å²) in [6, 6.07) is 8.42. The standard InChI is InChI=1S/C20H29NO3/c1-19(2,3)16-10-7-15(8-11-16)9-12-17(22)21-20(18(23)24-4)13-5-6-14-20/h7-8,10-11H,5-6,9,12-14H2,1-4H3,(H,21,22). The quantitative estimate of drug-likeness (QED) is 0.840. The van der Waals surface area contributed by atoms with E-state index in [0.717, 1.165) is 18.4 Å². The molecule has 0 aromatic heterocycles. The van der Waals surface area contributed by atoms with Crippen molar-refractivity contribution in [1.29, 1.82) is 0 Å². The SMILES string of the molecule is COC(=O)C1(NC(=O)CCc2ccc(C(C)(C)C)cc2)CCCC1. The van der Waals surface area contributed by atoms with Gasteiger partial charge in [0.25, 0.3) is 0 Å². The van der Waals surface area contributed by atoms with Crippen molar-refractivity contribution in [2.75, 3.05) is 7.11 Å². The van der Waals surface area contributed by atoms with E-state index in [1.165, 1.54) is 12.7 Å². The fourth-order valence-corrected chi connectivity index (χ4v) is 3.31. The topological polar surface area (TPSA) is 55.4 Å². The summed E-state index contributed by atoms with van der Waals surface area (Å²) in [6.07, 6.45) is 4.30. The molecule has 0 atom stereocenters. The van der Waals surface area contributed by atoms with E-state index >= 15 is 0 Å². The maximum Gasteiger partial charge on any atom is 0.331 e. The molecule has 1 aromatic carbocycles. The van der Waals surface area contributed by atoms with Crippen LogP contribution in [0.4, 0.5) is 0 Å². The molecule has 1 fully saturated rings. The van der Waals surface area contributed by atoms with Gasteiger partial charge in [0.1, 0.15) is 5.54 Å². The minimum absolute atomic E-state index is 0.0813. The molecule has 0 radical (unpaired) electrons. The summed E-state index contributed by atoms with van der Waals surface area (Å²) in [5.41, 5.74) is 1.75. The number of hydrogen-bond acceptors (Lipinski definition) is 3. The van der Waals surface area contributed by atoms with Crippen LogP contribution in [0.25, 0.3) is 0 Å². The molecule has 1 aliphatic carbocycles. The molecule has 4 heteroatoms. The van der Waals surface area contributed by atoms with Crippen molar-refractivity contribution in [3.05, 3.63) is 35.4 Å². The number of rotatable bonds is 5. The number of amides is 1. The lowest BCUT2D eigenvalue weighted by atomic mass is 9.86. The maximum atomic E-state index is 12.3. The molecule has 132 valence electrons. The zero-order valence-corrected chi connectivity index (χ0v) is 15.3. The van der Waals surface area contributed by atoms with E-state index in [0.29, 0.717) is 25.7 Å². The zero-order chi connectivity index (χ0) is 17.8. The minimum Gasteiger partial charge on any atom is -0.467 e. The third-order valence-corrected chi connectivity index (χ3v) is 4.87. The number of ether oxygens (including phenoxy) is 1. The molecule has 2 rings (SSSR count). The minimum atomic E-state index is -0.804. The first kappa shape index (κ1) is 18.5. The number of benzene rings is 1. The number of nitrogens with one attached hydrogen (secondary N) is 1. The second-order valence-electron chi connectivity index (χ2n) is 7.78. The Bertz CT molecular complexity index is 578. The highest BCUT2D eigenvalue weighted by molar-refractivity contribution is 5.88. The summed E-state index contributed by atoms with van der Waals surface area (Å²) in [5.74, 6) is -0.398. The summed E-state index contributed by atoms with van der Waals surface area (Å²) >= 11 is 0. The van der Waals surface area contributed by atoms with Crippen LogP contribution < -0.4 is 5.32 Å². The molecule has 1 amide bonds. The van der Waals surface area contributed by atoms with Crippen LogP contribution in [0.15, 0.2) is 24.3 Å². The van der Waals surface area contributed by atoms with Crippen molar-refractivity contribution < 1.29 is 14.3 Å². The molecule has 0 saturated heterocycles. The van der Waals surface area contributed by atoms with Gasteiger partial charge < -0.3 is 10.1 Å². The predicted molar refractivity (Wildman–Crippen MR) is 94.8 cm³/mol. The van der Waals surface area contributed by atoms with Crippen LogP contribution in [-0.4, -0.2) is 24.5 Å². The third-order valence-electron chi connectivity index (χ3n) is 4.87. The van der Waals surface area contributed by atoms with Gasteiger partial charge in [-0.1, -0.05) is 57.9 Å². The fraction of sp³-hybridized carbons (Fsp3) is 0.600. The summed E-state index contributed by atoms with van der Waals surface area (Å²) in [6.45, 7) is 6.55. The molecule has 1 aromatic rings. The van der Waals surface area contributed by atoms with Crippen LogP contribution in [0, 0.1) is 0 Å². The first-order chi connectivity index (χ1) is 11.3. The van der Waals surface area contributed by atoms with E-state index in [4.69, 9.17) is 4.74 Å². The predicted octanol–water partition coefficient (Wildman–Crippen LogP) is 3.52. The van der Waals surface area contributed by atoms with Crippen molar-refractivity contribution in [3.63, 3.8) is 0 Å². The molecule has 1 N–H and O–H groups in total. The van der Waals surface area contributed by atoms with Crippen molar-refractivity contribution >= 4 is 11.9 Å². The number of methoxy groups -OCH3 is 1. The molecule has 24 heavy (non-hydrogen) atoms. The molecule has 1 aliphatic rings. The largest absolute Gasteiger partial charge is 0.467 e. The number of carbonyl (C=O) groups excluding carboxylic acids is 2. The van der Waals surface area contributed by atoms with Crippen molar-refractivity contribution in [3.8, 4) is 0 Å². The molecule has 4 nitrogen and oxygen atoms in total. The fourth-order valence-electron chi connectivity index (χ4n) is 3.31. The molecular formula is C20H29NO3. The first-order valence-corrected chi connectivity index (χ1v) is 8.76. The zero-order valence-electron chi connectivity index (χ0n) is 15.3. The third kappa shape index (κ3) is 4.37. The molecule has 0 spiro atoms. The highest BCUT2D eigenvalue weighted by Crippen LogP contribution is 2.31. The number of esters is 1. The number of carbonyl (C=O) groups is 2. The lowest BCUT2D eigenvalue weighted by Gasteiger charge is -2.27. The Kier molecular flexibility index (Phi) is 5.68. The molecule has 0 unspecified atom stereocenters. The van der Waals surface area contributed by atoms with Gasteiger partial charge in [-0.05, 0) is 35.8 Å². The lowest BCUT2D eigenvalue weighted by Crippen LogP contribution is -2.53. The molecule has 0 bridgehead atoms. The van der Waals surface area contributed by atoms with Gasteiger partial charge in [-0.25, -0.2) is 4.79 Å². The molecule has 1 saturated carbocycles. The lowest BCUT2D eigenvalue weighted by molar-refractivity contribution is -0.150. The molecule has 0 heterocycles. The average molecular weight is 331 g/mol. The number of hydrogen-bond donors (Lipinski definition) is 1. The highest BCUT2D eigenvalue weighted by atomic mass is 16.5. The van der Waals surface area contributed by atoms with Gasteiger partial charge in [0, 0.05) is 6.42 Å². The summed E-state index contributed by atoms with van der Waals surface area (Å²) in [7, 11) is 1.38. The van der Waals surface area contributed by atoms with E-state index in [1.54, 1.807) is 0 Å². The van der Waals surface area contributed by atoms with Crippen LogP contribution in [0.1, 0.15) is 64.0 Å². The van der Waals surface area contributed by atoms with Gasteiger partial charge in [-0.2, -0.15) is 0 Å². The van der Waals surface area contributed by atoms with Gasteiger partial charge in [-0.3, -0.25) is 4.79 Å². The second-order valence-corrected chi connectivity index (χ2v) is 7.78. The van der Waals surface area contributed by atoms with Gasteiger partial charge >= 0.3 is 5.97 Å². The van der Waals surface area contributed by atoms with E-state index < -0.39 is 5.54 Å². The Labute approximate surface area is 145 Å². The summed E-state index contributed by atoms with van der Waals surface area (Å²) in [4.78, 5) is 24.3. The Morgan fingerprint density at radius 2 is 1.71 bits per heavy atom. The summed E-state index contributed by atoms with van der Waals surface area (Å²) < 4.78 is 4.89. The maximum absolute atomic E-state index is 12.3. The second kappa shape index (κ2) is 7.37. The van der Waals surface area contributed by atoms with Crippen LogP contribution in [-0.2, 0) is 26.2 Å². The van der Waals surface area contributed by atoms with Gasteiger partial charge in [0.2, 0.25) is 5.91 Å². The van der Waals surface area contributed by atoms with Crippen LogP contribution in [0.2, 0.25) is 0 Å². The Morgan fingerprint density at radius 1 is 1.12 bits per heavy atom. The van der Waals surface area contributed by atoms with E-state index in [1.807, 2.05) is 0 Å². The van der Waals surface area contributed by atoms with E-state index in [2.05, 4.69) is 50.4 Å². The Morgan fingerprint density at radius 3 is 2.21 bits per heavy atom. The van der Waals surface area contributed by atoms with Crippen molar-refractivity contribution in [1.82, 2.24) is 5.32 Å². The monoisotopic (exact) mass is 331 g/mol.